The second-order valence-electron chi connectivity index (χ2n) is 5.85. The first-order valence-electron chi connectivity index (χ1n) is 8.40. The molecule has 1 aliphatic heterocycles. The summed E-state index contributed by atoms with van der Waals surface area (Å²) < 4.78 is 7.95. The van der Waals surface area contributed by atoms with Gasteiger partial charge in [0.15, 0.2) is 0 Å². The first kappa shape index (κ1) is 19.3. The van der Waals surface area contributed by atoms with Crippen LogP contribution in [0.4, 0.5) is 5.95 Å². The van der Waals surface area contributed by atoms with E-state index in [4.69, 9.17) is 19.9 Å². The summed E-state index contributed by atoms with van der Waals surface area (Å²) >= 11 is 0. The number of imidazole rings is 1. The standard InChI is InChI=1S/C14H19N3O.C4H4O4/c1-3-9-18-11-5-6-13-12(10-11)15-14-16(2)7-4-8-17(13)14;5-3(6)1-2-4(7)8/h5-6,10H,3-4,7-9H2,1-2H3;1-2H,(H,5,6)(H,7,8)/b;2-1+. The molecule has 8 heteroatoms. The smallest absolute Gasteiger partial charge is 0.328 e. The number of aliphatic carboxylic acids is 2. The maximum absolute atomic E-state index is 9.55. The van der Waals surface area contributed by atoms with Gasteiger partial charge >= 0.3 is 11.9 Å². The highest BCUT2D eigenvalue weighted by atomic mass is 16.5. The predicted octanol–water partition coefficient (Wildman–Crippen LogP) is 2.38. The van der Waals surface area contributed by atoms with E-state index in [-0.39, 0.29) is 0 Å². The molecule has 0 aliphatic carbocycles. The number of benzene rings is 1. The zero-order chi connectivity index (χ0) is 19.1. The molecule has 26 heavy (non-hydrogen) atoms. The molecule has 140 valence electrons. The molecule has 0 fully saturated rings. The van der Waals surface area contributed by atoms with E-state index in [1.54, 1.807) is 0 Å². The van der Waals surface area contributed by atoms with E-state index < -0.39 is 11.9 Å². The maximum atomic E-state index is 9.55. The molecule has 0 saturated carbocycles. The fraction of sp³-hybridized carbons (Fsp3) is 0.389. The Hall–Kier alpha value is -3.03. The lowest BCUT2D eigenvalue weighted by Gasteiger charge is -2.24. The van der Waals surface area contributed by atoms with Gasteiger partial charge in [0.05, 0.1) is 17.6 Å². The highest BCUT2D eigenvalue weighted by Crippen LogP contribution is 2.28. The van der Waals surface area contributed by atoms with Gasteiger partial charge in [-0.05, 0) is 25.0 Å². The number of hydrogen-bond acceptors (Lipinski definition) is 5. The van der Waals surface area contributed by atoms with Crippen LogP contribution in [0.15, 0.2) is 30.4 Å². The van der Waals surface area contributed by atoms with Gasteiger partial charge in [-0.3, -0.25) is 0 Å². The Kier molecular flexibility index (Phi) is 6.60. The van der Waals surface area contributed by atoms with Gasteiger partial charge in [0.1, 0.15) is 5.75 Å². The molecule has 1 aromatic heterocycles. The van der Waals surface area contributed by atoms with Gasteiger partial charge in [-0.1, -0.05) is 6.92 Å². The number of hydrogen-bond donors (Lipinski definition) is 2. The number of nitrogens with zero attached hydrogens (tertiary/aromatic N) is 3. The molecule has 0 unspecified atom stereocenters. The molecule has 0 spiro atoms. The molecule has 3 rings (SSSR count). The quantitative estimate of drug-likeness (QED) is 0.788. The summed E-state index contributed by atoms with van der Waals surface area (Å²) in [5, 5.41) is 15.6. The number of ether oxygens (including phenoxy) is 1. The van der Waals surface area contributed by atoms with Gasteiger partial charge in [0, 0.05) is 38.4 Å². The molecule has 1 aliphatic rings. The van der Waals surface area contributed by atoms with E-state index in [1.807, 2.05) is 12.1 Å². The van der Waals surface area contributed by atoms with Crippen LogP contribution in [0.2, 0.25) is 0 Å². The van der Waals surface area contributed by atoms with E-state index in [2.05, 4.69) is 29.5 Å². The number of fused-ring (bicyclic) bond motifs is 3. The molecular weight excluding hydrogens is 338 g/mol. The van der Waals surface area contributed by atoms with E-state index in [0.717, 1.165) is 43.3 Å². The van der Waals surface area contributed by atoms with Gasteiger partial charge in [-0.2, -0.15) is 0 Å². The fourth-order valence-electron chi connectivity index (χ4n) is 2.63. The number of carbonyl (C=O) groups is 2. The van der Waals surface area contributed by atoms with Crippen LogP contribution in [0.1, 0.15) is 19.8 Å². The molecule has 2 aromatic rings. The Morgan fingerprint density at radius 2 is 1.92 bits per heavy atom. The first-order valence-corrected chi connectivity index (χ1v) is 8.40. The molecule has 0 saturated heterocycles. The fourth-order valence-corrected chi connectivity index (χ4v) is 2.63. The third-order valence-electron chi connectivity index (χ3n) is 3.76. The van der Waals surface area contributed by atoms with Crippen molar-refractivity contribution >= 4 is 28.9 Å². The van der Waals surface area contributed by atoms with Crippen LogP contribution in [-0.4, -0.2) is 51.9 Å². The van der Waals surface area contributed by atoms with Crippen molar-refractivity contribution in [2.45, 2.75) is 26.3 Å². The number of aromatic nitrogens is 2. The number of anilines is 1. The Morgan fingerprint density at radius 1 is 1.23 bits per heavy atom. The lowest BCUT2D eigenvalue weighted by Crippen LogP contribution is -2.28. The zero-order valence-corrected chi connectivity index (χ0v) is 14.9. The van der Waals surface area contributed by atoms with Crippen molar-refractivity contribution < 1.29 is 24.5 Å². The van der Waals surface area contributed by atoms with Crippen molar-refractivity contribution in [1.29, 1.82) is 0 Å². The first-order chi connectivity index (χ1) is 12.4. The van der Waals surface area contributed by atoms with E-state index in [9.17, 15) is 9.59 Å². The van der Waals surface area contributed by atoms with Crippen LogP contribution in [0.25, 0.3) is 11.0 Å². The molecule has 0 bridgehead atoms. The second-order valence-corrected chi connectivity index (χ2v) is 5.85. The lowest BCUT2D eigenvalue weighted by molar-refractivity contribution is -0.134. The van der Waals surface area contributed by atoms with Crippen molar-refractivity contribution in [3.8, 4) is 5.75 Å². The SMILES string of the molecule is CCCOc1ccc2c(c1)nc1n2CCCN1C.O=C(O)/C=C/C(=O)O. The summed E-state index contributed by atoms with van der Waals surface area (Å²) in [6.07, 6.45) is 3.33. The average Bonchev–Trinajstić information content (AvgIpc) is 2.98. The number of rotatable bonds is 5. The minimum atomic E-state index is -1.26. The molecule has 2 heterocycles. The molecule has 0 radical (unpaired) electrons. The molecule has 2 N–H and O–H groups in total. The predicted molar refractivity (Wildman–Crippen MR) is 97.8 cm³/mol. The zero-order valence-electron chi connectivity index (χ0n) is 14.9. The molecule has 0 atom stereocenters. The second kappa shape index (κ2) is 8.89. The molecular formula is C18H23N3O5. The minimum absolute atomic E-state index is 0.558. The van der Waals surface area contributed by atoms with Crippen molar-refractivity contribution in [2.24, 2.45) is 0 Å². The van der Waals surface area contributed by atoms with Crippen molar-refractivity contribution in [3.63, 3.8) is 0 Å². The highest BCUT2D eigenvalue weighted by molar-refractivity contribution is 5.89. The van der Waals surface area contributed by atoms with Gasteiger partial charge in [0.2, 0.25) is 5.95 Å². The topological polar surface area (TPSA) is 105 Å². The average molecular weight is 361 g/mol. The van der Waals surface area contributed by atoms with Crippen LogP contribution in [0.3, 0.4) is 0 Å². The number of carboxylic acid groups (broad SMARTS) is 2. The van der Waals surface area contributed by atoms with E-state index >= 15 is 0 Å². The van der Waals surface area contributed by atoms with Crippen LogP contribution < -0.4 is 9.64 Å². The van der Waals surface area contributed by atoms with Gasteiger partial charge in [-0.25, -0.2) is 14.6 Å². The van der Waals surface area contributed by atoms with Crippen molar-refractivity contribution in [3.05, 3.63) is 30.4 Å². The maximum Gasteiger partial charge on any atom is 0.328 e. The summed E-state index contributed by atoms with van der Waals surface area (Å²) in [4.78, 5) is 26.0. The van der Waals surface area contributed by atoms with Crippen LogP contribution in [-0.2, 0) is 16.1 Å². The molecule has 1 aromatic carbocycles. The van der Waals surface area contributed by atoms with Crippen molar-refractivity contribution in [2.75, 3.05) is 25.1 Å². The van der Waals surface area contributed by atoms with Gasteiger partial charge in [-0.15, -0.1) is 0 Å². The van der Waals surface area contributed by atoms with Gasteiger partial charge in [0.25, 0.3) is 0 Å². The summed E-state index contributed by atoms with van der Waals surface area (Å²) in [5.74, 6) is -0.522. The number of aryl methyl sites for hydroxylation is 1. The highest BCUT2D eigenvalue weighted by Gasteiger charge is 2.18. The summed E-state index contributed by atoms with van der Waals surface area (Å²) in [5.41, 5.74) is 2.24. The molecule has 0 amide bonds. The Labute approximate surface area is 151 Å². The molecule has 8 nitrogen and oxygen atoms in total. The number of carboxylic acids is 2. The largest absolute Gasteiger partial charge is 0.494 e. The van der Waals surface area contributed by atoms with Gasteiger partial charge < -0.3 is 24.4 Å². The third-order valence-corrected chi connectivity index (χ3v) is 3.76. The van der Waals surface area contributed by atoms with E-state index in [1.165, 1.54) is 11.9 Å². The monoisotopic (exact) mass is 361 g/mol. The summed E-state index contributed by atoms with van der Waals surface area (Å²) in [6, 6.07) is 6.21. The van der Waals surface area contributed by atoms with Crippen LogP contribution >= 0.6 is 0 Å². The normalized spacial score (nSPS) is 13.2. The summed E-state index contributed by atoms with van der Waals surface area (Å²) in [7, 11) is 2.10. The van der Waals surface area contributed by atoms with Crippen LogP contribution in [0, 0.1) is 0 Å². The summed E-state index contributed by atoms with van der Waals surface area (Å²) in [6.45, 7) is 5.02. The third kappa shape index (κ3) is 4.98. The Balaban J connectivity index is 0.000000260. The Bertz CT molecular complexity index is 797. The van der Waals surface area contributed by atoms with Crippen molar-refractivity contribution in [1.82, 2.24) is 9.55 Å². The Morgan fingerprint density at radius 3 is 2.54 bits per heavy atom. The van der Waals surface area contributed by atoms with Crippen LogP contribution in [0.5, 0.6) is 5.75 Å². The lowest BCUT2D eigenvalue weighted by atomic mass is 10.3. The van der Waals surface area contributed by atoms with E-state index in [0.29, 0.717) is 12.2 Å². The minimum Gasteiger partial charge on any atom is -0.494 e.